The summed E-state index contributed by atoms with van der Waals surface area (Å²) in [7, 11) is 1.54. The van der Waals surface area contributed by atoms with E-state index in [2.05, 4.69) is 9.97 Å². The van der Waals surface area contributed by atoms with Crippen LogP contribution in [0.1, 0.15) is 23.0 Å². The van der Waals surface area contributed by atoms with E-state index >= 15 is 0 Å². The highest BCUT2D eigenvalue weighted by molar-refractivity contribution is 7.16. The number of carbonyl (C=O) groups is 1. The molecule has 4 rings (SSSR count). The van der Waals surface area contributed by atoms with Gasteiger partial charge >= 0.3 is 6.18 Å². The van der Waals surface area contributed by atoms with E-state index in [1.54, 1.807) is 17.2 Å². The number of benzene rings is 1. The maximum absolute atomic E-state index is 13.0. The maximum atomic E-state index is 13.0. The topological polar surface area (TPSA) is 64.5 Å². The zero-order valence-electron chi connectivity index (χ0n) is 16.9. The fraction of sp³-hybridized carbons (Fsp3) is 0.381. The number of halogens is 3. The van der Waals surface area contributed by atoms with Crippen molar-refractivity contribution >= 4 is 28.0 Å². The molecule has 0 aliphatic carbocycles. The molecule has 1 unspecified atom stereocenters. The summed E-state index contributed by atoms with van der Waals surface area (Å²) in [6.45, 7) is 2.01. The van der Waals surface area contributed by atoms with Crippen molar-refractivity contribution in [3.8, 4) is 15.6 Å². The molecule has 0 N–H and O–H groups in total. The Morgan fingerprint density at radius 1 is 1.35 bits per heavy atom. The van der Waals surface area contributed by atoms with Gasteiger partial charge in [-0.15, -0.1) is 0 Å². The van der Waals surface area contributed by atoms with E-state index in [1.807, 2.05) is 18.2 Å². The lowest BCUT2D eigenvalue weighted by molar-refractivity contribution is -0.237. The smallest absolute Gasteiger partial charge is 0.415 e. The number of thiazole rings is 1. The van der Waals surface area contributed by atoms with Gasteiger partial charge in [-0.25, -0.2) is 9.97 Å². The Balaban J connectivity index is 1.67. The van der Waals surface area contributed by atoms with Gasteiger partial charge in [-0.3, -0.25) is 9.69 Å². The molecule has 1 aliphatic rings. The van der Waals surface area contributed by atoms with Crippen LogP contribution >= 0.6 is 11.3 Å². The van der Waals surface area contributed by atoms with Crippen LogP contribution in [0.2, 0.25) is 0 Å². The number of hydrogen-bond donors (Lipinski definition) is 0. The maximum Gasteiger partial charge on any atom is 0.415 e. The lowest BCUT2D eigenvalue weighted by Gasteiger charge is -2.33. The highest BCUT2D eigenvalue weighted by Gasteiger charge is 2.43. The van der Waals surface area contributed by atoms with Crippen LogP contribution in [0.4, 0.5) is 13.2 Å². The van der Waals surface area contributed by atoms with E-state index in [-0.39, 0.29) is 18.9 Å². The Morgan fingerprint density at radius 3 is 2.84 bits per heavy atom. The van der Waals surface area contributed by atoms with E-state index in [9.17, 15) is 18.0 Å². The van der Waals surface area contributed by atoms with Crippen molar-refractivity contribution < 1.29 is 27.4 Å². The molecule has 0 radical (unpaired) electrons. The van der Waals surface area contributed by atoms with Crippen LogP contribution in [0.5, 0.6) is 5.19 Å². The molecule has 31 heavy (non-hydrogen) atoms. The van der Waals surface area contributed by atoms with Crippen molar-refractivity contribution in [2.45, 2.75) is 25.7 Å². The van der Waals surface area contributed by atoms with E-state index in [4.69, 9.17) is 9.47 Å². The number of aromatic nitrogens is 2. The molecular formula is C21H20F3N3O3S. The van der Waals surface area contributed by atoms with Gasteiger partial charge in [0, 0.05) is 43.7 Å². The number of ketones is 1. The average molecular weight is 451 g/mol. The van der Waals surface area contributed by atoms with Crippen molar-refractivity contribution in [2.24, 2.45) is 0 Å². The number of carbonyl (C=O) groups excluding carboxylic acids is 1. The van der Waals surface area contributed by atoms with Crippen molar-refractivity contribution in [3.63, 3.8) is 0 Å². The van der Waals surface area contributed by atoms with E-state index in [1.165, 1.54) is 25.4 Å². The van der Waals surface area contributed by atoms with Gasteiger partial charge in [0.25, 0.3) is 5.19 Å². The fourth-order valence-corrected chi connectivity index (χ4v) is 4.30. The normalized spacial score (nSPS) is 17.8. The quantitative estimate of drug-likeness (QED) is 0.538. The number of fused-ring (bicyclic) bond motifs is 1. The van der Waals surface area contributed by atoms with Crippen LogP contribution in [0.15, 0.2) is 30.5 Å². The van der Waals surface area contributed by atoms with Gasteiger partial charge in [0.05, 0.1) is 24.1 Å². The second-order valence-corrected chi connectivity index (χ2v) is 8.29. The van der Waals surface area contributed by atoms with Crippen LogP contribution in [-0.2, 0) is 11.3 Å². The molecular weight excluding hydrogens is 431 g/mol. The highest BCUT2D eigenvalue weighted by Crippen LogP contribution is 2.35. The molecule has 0 bridgehead atoms. The Kier molecular flexibility index (Phi) is 5.96. The van der Waals surface area contributed by atoms with Crippen LogP contribution in [0, 0.1) is 0 Å². The first-order valence-corrected chi connectivity index (χ1v) is 10.4. The monoisotopic (exact) mass is 451 g/mol. The number of alkyl halides is 3. The molecule has 1 fully saturated rings. The molecule has 0 spiro atoms. The minimum absolute atomic E-state index is 0.0296. The average Bonchev–Trinajstić information content (AvgIpc) is 3.21. The Labute approximate surface area is 180 Å². The number of nitrogens with zero attached hydrogens (tertiary/aromatic N) is 3. The molecule has 3 heterocycles. The third kappa shape index (κ3) is 4.70. The largest absolute Gasteiger partial charge is 0.473 e. The number of morpholine rings is 1. The van der Waals surface area contributed by atoms with Gasteiger partial charge < -0.3 is 9.47 Å². The predicted octanol–water partition coefficient (Wildman–Crippen LogP) is 4.33. The third-order valence-corrected chi connectivity index (χ3v) is 6.07. The van der Waals surface area contributed by atoms with E-state index in [0.717, 1.165) is 21.4 Å². The zero-order valence-corrected chi connectivity index (χ0v) is 17.7. The number of pyridine rings is 1. The van der Waals surface area contributed by atoms with Gasteiger partial charge in [-0.1, -0.05) is 23.5 Å². The minimum atomic E-state index is -4.38. The third-order valence-electron chi connectivity index (χ3n) is 5.08. The Morgan fingerprint density at radius 2 is 2.16 bits per heavy atom. The van der Waals surface area contributed by atoms with E-state index in [0.29, 0.717) is 29.5 Å². The Bertz CT molecular complexity index is 1120. The first kappa shape index (κ1) is 21.7. The van der Waals surface area contributed by atoms with Gasteiger partial charge in [-0.05, 0) is 17.7 Å². The first-order chi connectivity index (χ1) is 14.7. The summed E-state index contributed by atoms with van der Waals surface area (Å²) in [4.78, 5) is 23.3. The number of Topliss-reactive ketones (excluding diaryl/α,β-unsaturated/α-hetero) is 1. The number of ether oxygens (including phenoxy) is 2. The summed E-state index contributed by atoms with van der Waals surface area (Å²) in [6, 6.07) is 7.30. The number of hydrogen-bond acceptors (Lipinski definition) is 7. The molecule has 10 heteroatoms. The van der Waals surface area contributed by atoms with Gasteiger partial charge in [0.1, 0.15) is 5.69 Å². The van der Waals surface area contributed by atoms with Crippen LogP contribution in [0.25, 0.3) is 21.3 Å². The van der Waals surface area contributed by atoms with Gasteiger partial charge in [0.15, 0.2) is 11.9 Å². The molecule has 1 atom stereocenters. The van der Waals surface area contributed by atoms with Crippen molar-refractivity contribution in [1.82, 2.24) is 14.9 Å². The fourth-order valence-electron chi connectivity index (χ4n) is 3.54. The minimum Gasteiger partial charge on any atom is -0.473 e. The molecule has 1 aliphatic heterocycles. The summed E-state index contributed by atoms with van der Waals surface area (Å²) in [5, 5.41) is 1.34. The predicted molar refractivity (Wildman–Crippen MR) is 110 cm³/mol. The van der Waals surface area contributed by atoms with E-state index < -0.39 is 12.3 Å². The number of methoxy groups -OCH3 is 1. The molecule has 3 aromatic rings. The molecule has 1 aromatic carbocycles. The standard InChI is InChI=1S/C21H20F3N3O3S/c1-12(28)16-8-15(18-9-25-20(29-2)31-18)14-4-3-13(7-17(14)26-16)10-27-5-6-30-19(11-27)21(22,23)24/h3-4,7-9,19H,5-6,10-11H2,1-2H3. The lowest BCUT2D eigenvalue weighted by Crippen LogP contribution is -2.48. The van der Waals surface area contributed by atoms with Gasteiger partial charge in [-0.2, -0.15) is 13.2 Å². The SMILES string of the molecule is COc1ncc(-c2cc(C(C)=O)nc3cc(CN4CCOC(C(F)(F)F)C4)ccc23)s1. The second-order valence-electron chi connectivity index (χ2n) is 7.29. The molecule has 0 saturated carbocycles. The molecule has 0 amide bonds. The first-order valence-electron chi connectivity index (χ1n) is 9.60. The summed E-state index contributed by atoms with van der Waals surface area (Å²) >= 11 is 1.36. The van der Waals surface area contributed by atoms with Crippen molar-refractivity contribution in [1.29, 1.82) is 0 Å². The van der Waals surface area contributed by atoms with Crippen molar-refractivity contribution in [3.05, 3.63) is 41.7 Å². The van der Waals surface area contributed by atoms with Crippen LogP contribution in [-0.4, -0.2) is 59.7 Å². The zero-order chi connectivity index (χ0) is 22.2. The summed E-state index contributed by atoms with van der Waals surface area (Å²) in [5.74, 6) is -0.175. The molecule has 6 nitrogen and oxygen atoms in total. The highest BCUT2D eigenvalue weighted by atomic mass is 32.1. The number of rotatable bonds is 5. The van der Waals surface area contributed by atoms with Gasteiger partial charge in [0.2, 0.25) is 0 Å². The van der Waals surface area contributed by atoms with Crippen molar-refractivity contribution in [2.75, 3.05) is 26.8 Å². The lowest BCUT2D eigenvalue weighted by atomic mass is 10.0. The second kappa shape index (κ2) is 8.52. The van der Waals surface area contributed by atoms with Crippen LogP contribution in [0.3, 0.4) is 0 Å². The van der Waals surface area contributed by atoms with Crippen LogP contribution < -0.4 is 4.74 Å². The molecule has 2 aromatic heterocycles. The molecule has 164 valence electrons. The summed E-state index contributed by atoms with van der Waals surface area (Å²) in [6.07, 6.45) is -4.48. The molecule has 1 saturated heterocycles. The summed E-state index contributed by atoms with van der Waals surface area (Å²) < 4.78 is 49.1. The summed E-state index contributed by atoms with van der Waals surface area (Å²) in [5.41, 5.74) is 2.55. The Hall–Kier alpha value is -2.56.